The molecule has 2 aliphatic rings. The lowest BCUT2D eigenvalue weighted by Crippen LogP contribution is -2.56. The molecule has 1 N–H and O–H groups in total. The maximum absolute atomic E-state index is 11.3. The van der Waals surface area contributed by atoms with Crippen LogP contribution in [-0.4, -0.2) is 78.2 Å². The minimum absolute atomic E-state index is 0.249. The first kappa shape index (κ1) is 20.1. The van der Waals surface area contributed by atoms with E-state index in [4.69, 9.17) is 0 Å². The van der Waals surface area contributed by atoms with Gasteiger partial charge in [-0.1, -0.05) is 11.6 Å². The fourth-order valence-corrected chi connectivity index (χ4v) is 4.99. The first-order chi connectivity index (χ1) is 14.0. The number of piperidine rings is 1. The van der Waals surface area contributed by atoms with Crippen molar-refractivity contribution >= 4 is 22.6 Å². The summed E-state index contributed by atoms with van der Waals surface area (Å²) < 4.78 is 0. The van der Waals surface area contributed by atoms with E-state index in [-0.39, 0.29) is 6.42 Å². The maximum atomic E-state index is 11.3. The summed E-state index contributed by atoms with van der Waals surface area (Å²) in [6, 6.07) is 9.01. The molecule has 1 aromatic carbocycles. The molecule has 29 heavy (non-hydrogen) atoms. The highest BCUT2D eigenvalue weighted by Gasteiger charge is 2.35. The molecule has 6 heteroatoms. The molecule has 2 atom stereocenters. The van der Waals surface area contributed by atoms with Crippen molar-refractivity contribution in [3.05, 3.63) is 36.0 Å². The predicted octanol–water partition coefficient (Wildman–Crippen LogP) is 2.85. The molecule has 0 radical (unpaired) electrons. The van der Waals surface area contributed by atoms with Crippen LogP contribution in [0.2, 0.25) is 0 Å². The summed E-state index contributed by atoms with van der Waals surface area (Å²) in [7, 11) is 2.18. The Labute approximate surface area is 173 Å². The van der Waals surface area contributed by atoms with Gasteiger partial charge in [0.25, 0.3) is 0 Å². The van der Waals surface area contributed by atoms with Crippen LogP contribution in [0.1, 0.15) is 24.8 Å². The van der Waals surface area contributed by atoms with Crippen molar-refractivity contribution in [2.45, 2.75) is 32.2 Å². The molecule has 2 aliphatic heterocycles. The highest BCUT2D eigenvalue weighted by Crippen LogP contribution is 2.33. The van der Waals surface area contributed by atoms with Crippen LogP contribution in [0.5, 0.6) is 0 Å². The van der Waals surface area contributed by atoms with Crippen molar-refractivity contribution in [3.63, 3.8) is 0 Å². The molecule has 0 saturated carbocycles. The maximum Gasteiger partial charge on any atom is 0.303 e. The van der Waals surface area contributed by atoms with E-state index in [2.05, 4.69) is 57.9 Å². The van der Waals surface area contributed by atoms with Crippen molar-refractivity contribution in [1.29, 1.82) is 0 Å². The molecule has 0 spiro atoms. The number of carboxylic acids is 1. The van der Waals surface area contributed by atoms with Crippen LogP contribution in [0.15, 0.2) is 30.5 Å². The molecular weight excluding hydrogens is 364 g/mol. The second-order valence-corrected chi connectivity index (χ2v) is 8.68. The van der Waals surface area contributed by atoms with Crippen LogP contribution in [0, 0.1) is 12.8 Å². The van der Waals surface area contributed by atoms with E-state index < -0.39 is 5.97 Å². The fraction of sp³-hybridized carbons (Fsp3) is 0.565. The number of carboxylic acid groups (broad SMARTS) is 1. The van der Waals surface area contributed by atoms with E-state index >= 15 is 0 Å². The monoisotopic (exact) mass is 396 g/mol. The van der Waals surface area contributed by atoms with Gasteiger partial charge in [-0.15, -0.1) is 0 Å². The van der Waals surface area contributed by atoms with Gasteiger partial charge in [-0.2, -0.15) is 0 Å². The van der Waals surface area contributed by atoms with Gasteiger partial charge in [0.15, 0.2) is 0 Å². The second-order valence-electron chi connectivity index (χ2n) is 8.68. The quantitative estimate of drug-likeness (QED) is 0.839. The summed E-state index contributed by atoms with van der Waals surface area (Å²) in [4.78, 5) is 23.3. The third kappa shape index (κ3) is 4.54. The van der Waals surface area contributed by atoms with Gasteiger partial charge < -0.3 is 14.9 Å². The van der Waals surface area contributed by atoms with Gasteiger partial charge in [0.1, 0.15) is 0 Å². The predicted molar refractivity (Wildman–Crippen MR) is 117 cm³/mol. The van der Waals surface area contributed by atoms with Crippen LogP contribution in [-0.2, 0) is 4.79 Å². The van der Waals surface area contributed by atoms with Crippen LogP contribution in [0.25, 0.3) is 10.9 Å². The number of nitrogens with zero attached hydrogens (tertiary/aromatic N) is 4. The summed E-state index contributed by atoms with van der Waals surface area (Å²) in [6.07, 6.45) is 3.97. The van der Waals surface area contributed by atoms with Crippen LogP contribution in [0.4, 0.5) is 5.69 Å². The van der Waals surface area contributed by atoms with Gasteiger partial charge in [0, 0.05) is 69.0 Å². The molecule has 6 nitrogen and oxygen atoms in total. The first-order valence-corrected chi connectivity index (χ1v) is 10.8. The van der Waals surface area contributed by atoms with E-state index in [1.165, 1.54) is 16.6 Å². The number of carbonyl (C=O) groups is 1. The lowest BCUT2D eigenvalue weighted by molar-refractivity contribution is -0.137. The molecule has 156 valence electrons. The third-order valence-electron chi connectivity index (χ3n) is 6.64. The van der Waals surface area contributed by atoms with E-state index in [1.807, 2.05) is 6.20 Å². The van der Waals surface area contributed by atoms with E-state index in [1.54, 1.807) is 0 Å². The Morgan fingerprint density at radius 3 is 2.72 bits per heavy atom. The number of hydrogen-bond donors (Lipinski definition) is 1. The minimum atomic E-state index is -0.691. The van der Waals surface area contributed by atoms with E-state index in [0.717, 1.165) is 57.6 Å². The number of aromatic nitrogens is 1. The van der Waals surface area contributed by atoms with E-state index in [0.29, 0.717) is 12.0 Å². The van der Waals surface area contributed by atoms with Crippen LogP contribution < -0.4 is 4.90 Å². The molecule has 2 unspecified atom stereocenters. The van der Waals surface area contributed by atoms with Crippen molar-refractivity contribution in [1.82, 2.24) is 14.8 Å². The number of aliphatic carboxylic acids is 1. The normalized spacial score (nSPS) is 24.1. The third-order valence-corrected chi connectivity index (χ3v) is 6.64. The Morgan fingerprint density at radius 1 is 1.17 bits per heavy atom. The number of fused-ring (bicyclic) bond motifs is 1. The lowest BCUT2D eigenvalue weighted by atomic mass is 9.86. The number of piperazine rings is 1. The van der Waals surface area contributed by atoms with Crippen molar-refractivity contribution in [2.24, 2.45) is 5.92 Å². The number of benzene rings is 1. The van der Waals surface area contributed by atoms with Gasteiger partial charge >= 0.3 is 5.97 Å². The highest BCUT2D eigenvalue weighted by molar-refractivity contribution is 5.92. The zero-order valence-corrected chi connectivity index (χ0v) is 17.5. The average Bonchev–Trinajstić information content (AvgIpc) is 2.72. The minimum Gasteiger partial charge on any atom is -0.481 e. The zero-order chi connectivity index (χ0) is 20.4. The summed E-state index contributed by atoms with van der Waals surface area (Å²) in [5.41, 5.74) is 3.49. The molecule has 4 rings (SSSR count). The highest BCUT2D eigenvalue weighted by atomic mass is 16.4. The smallest absolute Gasteiger partial charge is 0.303 e. The van der Waals surface area contributed by atoms with Crippen LogP contribution >= 0.6 is 0 Å². The summed E-state index contributed by atoms with van der Waals surface area (Å²) >= 11 is 0. The van der Waals surface area contributed by atoms with Crippen molar-refractivity contribution < 1.29 is 9.90 Å². The fourth-order valence-electron chi connectivity index (χ4n) is 4.99. The molecule has 0 bridgehead atoms. The Bertz CT molecular complexity index is 863. The Balaban J connectivity index is 1.57. The molecule has 2 fully saturated rings. The van der Waals surface area contributed by atoms with Gasteiger partial charge in [-0.3, -0.25) is 14.7 Å². The van der Waals surface area contributed by atoms with Gasteiger partial charge in [-0.05, 0) is 50.9 Å². The molecule has 2 aromatic rings. The number of likely N-dealkylation sites (N-methyl/N-ethyl adjacent to an activating group) is 1. The van der Waals surface area contributed by atoms with Gasteiger partial charge in [0.05, 0.1) is 5.52 Å². The molecule has 0 aliphatic carbocycles. The molecular formula is C23H32N4O2. The zero-order valence-electron chi connectivity index (χ0n) is 17.5. The Kier molecular flexibility index (Phi) is 6.01. The molecule has 0 amide bonds. The van der Waals surface area contributed by atoms with E-state index in [9.17, 15) is 9.90 Å². The van der Waals surface area contributed by atoms with Crippen molar-refractivity contribution in [2.75, 3.05) is 51.2 Å². The van der Waals surface area contributed by atoms with Crippen molar-refractivity contribution in [3.8, 4) is 0 Å². The topological polar surface area (TPSA) is 59.9 Å². The Morgan fingerprint density at radius 2 is 1.97 bits per heavy atom. The summed E-state index contributed by atoms with van der Waals surface area (Å²) in [6.45, 7) is 8.40. The number of aryl methyl sites for hydroxylation is 1. The molecule has 2 saturated heterocycles. The molecule has 1 aromatic heterocycles. The number of pyridine rings is 1. The largest absolute Gasteiger partial charge is 0.481 e. The summed E-state index contributed by atoms with van der Waals surface area (Å²) in [5.74, 6) is -0.319. The SMILES string of the molecule is Cc1ccc2nccc(N3CCC(N4CCN(C)CC4)C(CCC(=O)O)C3)c2c1. The summed E-state index contributed by atoms with van der Waals surface area (Å²) in [5, 5.41) is 10.5. The first-order valence-electron chi connectivity index (χ1n) is 10.8. The number of rotatable bonds is 5. The van der Waals surface area contributed by atoms with Gasteiger partial charge in [0.2, 0.25) is 0 Å². The van der Waals surface area contributed by atoms with Crippen LogP contribution in [0.3, 0.4) is 0 Å². The standard InChI is InChI=1S/C23H32N4O2/c1-17-3-5-20-19(15-17)22(7-9-24-20)27-10-8-21(18(16-27)4-6-23(28)29)26-13-11-25(2)12-14-26/h3,5,7,9,15,18,21H,4,6,8,10-14,16H2,1-2H3,(H,28,29). The Hall–Kier alpha value is -2.18. The number of hydrogen-bond acceptors (Lipinski definition) is 5. The molecule has 3 heterocycles. The number of anilines is 1. The average molecular weight is 397 g/mol. The lowest BCUT2D eigenvalue weighted by Gasteiger charge is -2.47. The second kappa shape index (κ2) is 8.67. The van der Waals surface area contributed by atoms with Gasteiger partial charge in [-0.25, -0.2) is 0 Å².